The van der Waals surface area contributed by atoms with E-state index in [2.05, 4.69) is 15.9 Å². The maximum atomic E-state index is 11.3. The number of rotatable bonds is 4. The summed E-state index contributed by atoms with van der Waals surface area (Å²) in [4.78, 5) is 23.5. The number of nitrogens with zero attached hydrogens (tertiary/aromatic N) is 1. The maximum absolute atomic E-state index is 11.3. The second-order valence-electron chi connectivity index (χ2n) is 3.38. The molecule has 0 aliphatic carbocycles. The number of carbonyl (C=O) groups excluding carboxylic acids is 2. The van der Waals surface area contributed by atoms with E-state index in [-0.39, 0.29) is 12.5 Å². The van der Waals surface area contributed by atoms with Gasteiger partial charge < -0.3 is 9.64 Å². The van der Waals surface area contributed by atoms with Crippen molar-refractivity contribution in [3.05, 3.63) is 28.2 Å². The van der Waals surface area contributed by atoms with Crippen LogP contribution < -0.4 is 4.74 Å². The molecule has 0 bridgehead atoms. The Kier molecular flexibility index (Phi) is 4.49. The predicted octanol–water partition coefficient (Wildman–Crippen LogP) is 1.73. The summed E-state index contributed by atoms with van der Waals surface area (Å²) in [6, 6.07) is 5.04. The molecule has 0 N–H and O–H groups in total. The van der Waals surface area contributed by atoms with Gasteiger partial charge in [-0.15, -0.1) is 0 Å². The number of carbonyl (C=O) groups is 2. The molecule has 0 heterocycles. The van der Waals surface area contributed by atoms with Crippen molar-refractivity contribution >= 4 is 28.1 Å². The average molecular weight is 286 g/mol. The Labute approximate surface area is 102 Å². The molecular formula is C11H12BrNO3. The molecule has 0 radical (unpaired) electrons. The van der Waals surface area contributed by atoms with E-state index >= 15 is 0 Å². The molecule has 0 saturated heterocycles. The molecule has 1 aromatic carbocycles. The third-order valence-electron chi connectivity index (χ3n) is 1.95. The van der Waals surface area contributed by atoms with Gasteiger partial charge in [0.05, 0.1) is 5.56 Å². The van der Waals surface area contributed by atoms with Crippen LogP contribution in [0.3, 0.4) is 0 Å². The minimum atomic E-state index is -0.153. The van der Waals surface area contributed by atoms with Gasteiger partial charge in [0.15, 0.2) is 12.9 Å². The summed E-state index contributed by atoms with van der Waals surface area (Å²) in [5, 5.41) is 0. The van der Waals surface area contributed by atoms with Gasteiger partial charge in [-0.25, -0.2) is 0 Å². The zero-order valence-electron chi connectivity index (χ0n) is 9.07. The van der Waals surface area contributed by atoms with Crippen LogP contribution in [0.5, 0.6) is 5.75 Å². The first-order valence-corrected chi connectivity index (χ1v) is 5.41. The van der Waals surface area contributed by atoms with Crippen LogP contribution in [0.2, 0.25) is 0 Å². The summed E-state index contributed by atoms with van der Waals surface area (Å²) >= 11 is 3.25. The molecule has 1 amide bonds. The first-order valence-electron chi connectivity index (χ1n) is 4.62. The van der Waals surface area contributed by atoms with E-state index in [9.17, 15) is 9.59 Å². The number of hydrogen-bond donors (Lipinski definition) is 0. The minimum Gasteiger partial charge on any atom is -0.483 e. The Bertz CT molecular complexity index is 404. The highest BCUT2D eigenvalue weighted by molar-refractivity contribution is 9.10. The fourth-order valence-corrected chi connectivity index (χ4v) is 1.39. The fraction of sp³-hybridized carbons (Fsp3) is 0.273. The van der Waals surface area contributed by atoms with Gasteiger partial charge in [0.2, 0.25) is 0 Å². The van der Waals surface area contributed by atoms with Gasteiger partial charge in [0.25, 0.3) is 5.91 Å². The lowest BCUT2D eigenvalue weighted by Crippen LogP contribution is -2.27. The number of hydrogen-bond acceptors (Lipinski definition) is 3. The Hall–Kier alpha value is -1.36. The fourth-order valence-electron chi connectivity index (χ4n) is 1.01. The lowest BCUT2D eigenvalue weighted by molar-refractivity contribution is -0.130. The lowest BCUT2D eigenvalue weighted by Gasteiger charge is -2.12. The van der Waals surface area contributed by atoms with Crippen molar-refractivity contribution in [1.29, 1.82) is 0 Å². The average Bonchev–Trinajstić information content (AvgIpc) is 2.26. The van der Waals surface area contributed by atoms with Crippen LogP contribution in [0.4, 0.5) is 0 Å². The van der Waals surface area contributed by atoms with Gasteiger partial charge in [-0.3, -0.25) is 9.59 Å². The summed E-state index contributed by atoms with van der Waals surface area (Å²) in [6.45, 7) is -0.0739. The molecular weight excluding hydrogens is 274 g/mol. The number of ether oxygens (including phenoxy) is 1. The molecule has 1 rings (SSSR count). The SMILES string of the molecule is CN(C)C(=O)COc1ccc(Br)cc1C=O. The molecule has 0 spiro atoms. The Morgan fingerprint density at radius 1 is 1.50 bits per heavy atom. The second kappa shape index (κ2) is 5.65. The van der Waals surface area contributed by atoms with Crippen LogP contribution >= 0.6 is 15.9 Å². The van der Waals surface area contributed by atoms with Gasteiger partial charge in [-0.1, -0.05) is 15.9 Å². The van der Waals surface area contributed by atoms with Gasteiger partial charge in [0, 0.05) is 18.6 Å². The number of halogens is 1. The number of likely N-dealkylation sites (N-methyl/N-ethyl adjacent to an activating group) is 1. The van der Waals surface area contributed by atoms with Crippen molar-refractivity contribution < 1.29 is 14.3 Å². The molecule has 0 saturated carbocycles. The van der Waals surface area contributed by atoms with Gasteiger partial charge in [0.1, 0.15) is 5.75 Å². The molecule has 0 aliphatic rings. The Morgan fingerprint density at radius 2 is 2.19 bits per heavy atom. The third kappa shape index (κ3) is 3.34. The van der Waals surface area contributed by atoms with E-state index in [1.807, 2.05) is 0 Å². The molecule has 0 fully saturated rings. The largest absolute Gasteiger partial charge is 0.483 e. The zero-order chi connectivity index (χ0) is 12.1. The molecule has 0 atom stereocenters. The van der Waals surface area contributed by atoms with Crippen molar-refractivity contribution in [1.82, 2.24) is 4.90 Å². The Morgan fingerprint density at radius 3 is 2.75 bits per heavy atom. The van der Waals surface area contributed by atoms with Gasteiger partial charge in [-0.05, 0) is 18.2 Å². The summed E-state index contributed by atoms with van der Waals surface area (Å²) in [5.74, 6) is 0.258. The van der Waals surface area contributed by atoms with Gasteiger partial charge in [-0.2, -0.15) is 0 Å². The van der Waals surface area contributed by atoms with Crippen LogP contribution in [0.1, 0.15) is 10.4 Å². The van der Waals surface area contributed by atoms with E-state index < -0.39 is 0 Å². The quantitative estimate of drug-likeness (QED) is 0.792. The van der Waals surface area contributed by atoms with E-state index in [0.29, 0.717) is 17.6 Å². The molecule has 0 aliphatic heterocycles. The van der Waals surface area contributed by atoms with E-state index in [1.165, 1.54) is 4.90 Å². The van der Waals surface area contributed by atoms with Crippen LogP contribution in [0.25, 0.3) is 0 Å². The van der Waals surface area contributed by atoms with E-state index in [4.69, 9.17) is 4.74 Å². The molecule has 4 nitrogen and oxygen atoms in total. The first kappa shape index (κ1) is 12.7. The Balaban J connectivity index is 2.74. The highest BCUT2D eigenvalue weighted by Crippen LogP contribution is 2.21. The summed E-state index contributed by atoms with van der Waals surface area (Å²) in [5.41, 5.74) is 0.418. The molecule has 86 valence electrons. The lowest BCUT2D eigenvalue weighted by atomic mass is 10.2. The van der Waals surface area contributed by atoms with E-state index in [1.54, 1.807) is 32.3 Å². The molecule has 0 aromatic heterocycles. The monoisotopic (exact) mass is 285 g/mol. The van der Waals surface area contributed by atoms with Crippen LogP contribution in [-0.4, -0.2) is 37.8 Å². The molecule has 0 unspecified atom stereocenters. The highest BCUT2D eigenvalue weighted by Gasteiger charge is 2.08. The minimum absolute atomic E-state index is 0.0739. The van der Waals surface area contributed by atoms with Gasteiger partial charge >= 0.3 is 0 Å². The smallest absolute Gasteiger partial charge is 0.259 e. The van der Waals surface area contributed by atoms with Crippen LogP contribution in [0.15, 0.2) is 22.7 Å². The van der Waals surface area contributed by atoms with Crippen LogP contribution in [0, 0.1) is 0 Å². The number of aldehydes is 1. The predicted molar refractivity (Wildman–Crippen MR) is 63.7 cm³/mol. The topological polar surface area (TPSA) is 46.6 Å². The first-order chi connectivity index (χ1) is 7.54. The normalized spacial score (nSPS) is 9.69. The molecule has 16 heavy (non-hydrogen) atoms. The second-order valence-corrected chi connectivity index (χ2v) is 4.29. The van der Waals surface area contributed by atoms with Crippen molar-refractivity contribution in [2.75, 3.05) is 20.7 Å². The highest BCUT2D eigenvalue weighted by atomic mass is 79.9. The maximum Gasteiger partial charge on any atom is 0.259 e. The van der Waals surface area contributed by atoms with Crippen molar-refractivity contribution in [3.63, 3.8) is 0 Å². The van der Waals surface area contributed by atoms with Crippen LogP contribution in [-0.2, 0) is 4.79 Å². The van der Waals surface area contributed by atoms with Crippen molar-refractivity contribution in [2.24, 2.45) is 0 Å². The number of benzene rings is 1. The van der Waals surface area contributed by atoms with Crippen molar-refractivity contribution in [2.45, 2.75) is 0 Å². The standard InChI is InChI=1S/C11H12BrNO3/c1-13(2)11(15)7-16-10-4-3-9(12)5-8(10)6-14/h3-6H,7H2,1-2H3. The summed E-state index contributed by atoms with van der Waals surface area (Å²) in [7, 11) is 3.29. The molecule has 1 aromatic rings. The number of amides is 1. The zero-order valence-corrected chi connectivity index (χ0v) is 10.7. The summed E-state index contributed by atoms with van der Waals surface area (Å²) < 4.78 is 6.06. The third-order valence-corrected chi connectivity index (χ3v) is 2.44. The summed E-state index contributed by atoms with van der Waals surface area (Å²) in [6.07, 6.45) is 0.695. The molecule has 5 heteroatoms. The van der Waals surface area contributed by atoms with E-state index in [0.717, 1.165) is 4.47 Å². The van der Waals surface area contributed by atoms with Crippen molar-refractivity contribution in [3.8, 4) is 5.75 Å².